The van der Waals surface area contributed by atoms with Gasteiger partial charge in [0, 0.05) is 32.0 Å². The summed E-state index contributed by atoms with van der Waals surface area (Å²) in [7, 11) is 0. The van der Waals surface area contributed by atoms with Crippen molar-refractivity contribution in [1.29, 1.82) is 0 Å². The number of nitrogens with zero attached hydrogens (tertiary/aromatic N) is 4. The highest BCUT2D eigenvalue weighted by atomic mass is 19.4. The van der Waals surface area contributed by atoms with Crippen LogP contribution in [0.3, 0.4) is 0 Å². The fraction of sp³-hybridized carbons (Fsp3) is 0.500. The molecule has 1 aliphatic heterocycles. The van der Waals surface area contributed by atoms with E-state index in [4.69, 9.17) is 0 Å². The number of pyridine rings is 1. The van der Waals surface area contributed by atoms with Gasteiger partial charge in [-0.3, -0.25) is 9.48 Å². The maximum Gasteiger partial charge on any atom is 0.417 e. The predicted octanol–water partition coefficient (Wildman–Crippen LogP) is 2.64. The number of anilines is 1. The second-order valence-electron chi connectivity index (χ2n) is 6.85. The number of halogens is 3. The molecule has 27 heavy (non-hydrogen) atoms. The van der Waals surface area contributed by atoms with Gasteiger partial charge in [0.2, 0.25) is 5.91 Å². The van der Waals surface area contributed by atoms with Crippen LogP contribution in [-0.2, 0) is 17.5 Å². The Morgan fingerprint density at radius 1 is 1.26 bits per heavy atom. The van der Waals surface area contributed by atoms with E-state index in [0.29, 0.717) is 31.4 Å². The lowest BCUT2D eigenvalue weighted by Gasteiger charge is -2.33. The van der Waals surface area contributed by atoms with Crippen molar-refractivity contribution in [3.05, 3.63) is 41.9 Å². The van der Waals surface area contributed by atoms with Gasteiger partial charge in [0.05, 0.1) is 11.8 Å². The monoisotopic (exact) mass is 381 g/mol. The predicted molar refractivity (Wildman–Crippen MR) is 94.1 cm³/mol. The molecule has 0 saturated carbocycles. The largest absolute Gasteiger partial charge is 0.417 e. The molecule has 0 atom stereocenters. The number of alkyl halides is 3. The number of carbonyl (C=O) groups excluding carboxylic acids is 1. The van der Waals surface area contributed by atoms with Crippen LogP contribution in [-0.4, -0.2) is 40.3 Å². The van der Waals surface area contributed by atoms with E-state index in [-0.39, 0.29) is 12.5 Å². The van der Waals surface area contributed by atoms with E-state index in [9.17, 15) is 18.0 Å². The minimum absolute atomic E-state index is 0.0788. The summed E-state index contributed by atoms with van der Waals surface area (Å²) in [5.41, 5.74) is 0.267. The molecule has 0 aliphatic carbocycles. The van der Waals surface area contributed by atoms with Gasteiger partial charge in [-0.1, -0.05) is 0 Å². The Labute approximate surface area is 155 Å². The van der Waals surface area contributed by atoms with Gasteiger partial charge < -0.3 is 10.2 Å². The first-order chi connectivity index (χ1) is 12.8. The minimum atomic E-state index is -4.37. The second kappa shape index (κ2) is 7.98. The van der Waals surface area contributed by atoms with Crippen molar-refractivity contribution >= 4 is 11.7 Å². The van der Waals surface area contributed by atoms with Crippen LogP contribution in [0.2, 0.25) is 0 Å². The van der Waals surface area contributed by atoms with Crippen molar-refractivity contribution < 1.29 is 18.0 Å². The smallest absolute Gasteiger partial charge is 0.357 e. The molecule has 0 spiro atoms. The fourth-order valence-electron chi connectivity index (χ4n) is 3.12. The summed E-state index contributed by atoms with van der Waals surface area (Å²) < 4.78 is 39.4. The molecule has 2 aromatic heterocycles. The molecule has 0 aromatic carbocycles. The molecule has 3 rings (SSSR count). The molecule has 1 aliphatic rings. The Hall–Kier alpha value is -2.58. The molecule has 9 heteroatoms. The Morgan fingerprint density at radius 2 is 2.00 bits per heavy atom. The average molecular weight is 381 g/mol. The van der Waals surface area contributed by atoms with Crippen LogP contribution in [0.5, 0.6) is 0 Å². The Balaban J connectivity index is 1.43. The molecule has 146 valence electrons. The molecule has 1 saturated heterocycles. The van der Waals surface area contributed by atoms with Crippen molar-refractivity contribution in [2.24, 2.45) is 5.92 Å². The van der Waals surface area contributed by atoms with Crippen LogP contribution in [0.25, 0.3) is 0 Å². The number of nitrogens with one attached hydrogen (secondary N) is 1. The van der Waals surface area contributed by atoms with E-state index >= 15 is 0 Å². The van der Waals surface area contributed by atoms with E-state index < -0.39 is 11.7 Å². The minimum Gasteiger partial charge on any atom is -0.357 e. The maximum absolute atomic E-state index is 12.6. The van der Waals surface area contributed by atoms with Crippen LogP contribution < -0.4 is 10.2 Å². The molecule has 1 N–H and O–H groups in total. The van der Waals surface area contributed by atoms with Crippen molar-refractivity contribution in [3.8, 4) is 0 Å². The van der Waals surface area contributed by atoms with Gasteiger partial charge >= 0.3 is 6.18 Å². The summed E-state index contributed by atoms with van der Waals surface area (Å²) >= 11 is 0. The number of rotatable bonds is 5. The first-order valence-corrected chi connectivity index (χ1v) is 8.85. The Morgan fingerprint density at radius 3 is 2.56 bits per heavy atom. The SMILES string of the molecule is Cc1cnn(CC(=O)NCC2CCN(c3ccc(C(F)(F)F)cn3)CC2)c1. The summed E-state index contributed by atoms with van der Waals surface area (Å²) in [6.45, 7) is 4.12. The molecule has 0 unspecified atom stereocenters. The van der Waals surface area contributed by atoms with Crippen molar-refractivity contribution in [2.75, 3.05) is 24.5 Å². The van der Waals surface area contributed by atoms with Gasteiger partial charge in [-0.15, -0.1) is 0 Å². The first-order valence-electron chi connectivity index (χ1n) is 8.85. The van der Waals surface area contributed by atoms with Crippen LogP contribution in [0, 0.1) is 12.8 Å². The van der Waals surface area contributed by atoms with Crippen molar-refractivity contribution in [1.82, 2.24) is 20.1 Å². The quantitative estimate of drug-likeness (QED) is 0.865. The third kappa shape index (κ3) is 5.21. The summed E-state index contributed by atoms with van der Waals surface area (Å²) in [4.78, 5) is 17.9. The van der Waals surface area contributed by atoms with E-state index in [0.717, 1.165) is 30.7 Å². The number of aryl methyl sites for hydroxylation is 1. The highest BCUT2D eigenvalue weighted by Gasteiger charge is 2.31. The average Bonchev–Trinajstić information content (AvgIpc) is 3.04. The van der Waals surface area contributed by atoms with Gasteiger partial charge in [0.1, 0.15) is 12.4 Å². The van der Waals surface area contributed by atoms with Gasteiger partial charge in [0.25, 0.3) is 0 Å². The first kappa shape index (κ1) is 19.2. The summed E-state index contributed by atoms with van der Waals surface area (Å²) in [6.07, 6.45) is 1.73. The molecule has 3 heterocycles. The van der Waals surface area contributed by atoms with Crippen LogP contribution in [0.15, 0.2) is 30.7 Å². The van der Waals surface area contributed by atoms with Crippen LogP contribution in [0.4, 0.5) is 19.0 Å². The Kier molecular flexibility index (Phi) is 5.67. The number of piperidine rings is 1. The molecule has 0 radical (unpaired) electrons. The fourth-order valence-corrected chi connectivity index (χ4v) is 3.12. The van der Waals surface area contributed by atoms with E-state index in [1.807, 2.05) is 18.0 Å². The molecule has 1 fully saturated rings. The number of hydrogen-bond donors (Lipinski definition) is 1. The summed E-state index contributed by atoms with van der Waals surface area (Å²) in [5, 5.41) is 7.02. The number of aromatic nitrogens is 3. The maximum atomic E-state index is 12.6. The van der Waals surface area contributed by atoms with Crippen LogP contribution >= 0.6 is 0 Å². The standard InChI is InChI=1S/C18H22F3N5O/c1-13-8-24-26(11-13)12-17(27)23-9-14-4-6-25(7-5-14)16-3-2-15(10-22-16)18(19,20)21/h2-3,8,10-11,14H,4-7,9,12H2,1H3,(H,23,27). The van der Waals surface area contributed by atoms with Gasteiger partial charge in [0.15, 0.2) is 0 Å². The lowest BCUT2D eigenvalue weighted by Crippen LogP contribution is -2.39. The summed E-state index contributed by atoms with van der Waals surface area (Å²) in [5.74, 6) is 0.823. The molecule has 2 aromatic rings. The van der Waals surface area contributed by atoms with Crippen molar-refractivity contribution in [3.63, 3.8) is 0 Å². The van der Waals surface area contributed by atoms with Gasteiger partial charge in [-0.2, -0.15) is 18.3 Å². The van der Waals surface area contributed by atoms with Gasteiger partial charge in [-0.25, -0.2) is 4.98 Å². The van der Waals surface area contributed by atoms with Crippen LogP contribution in [0.1, 0.15) is 24.0 Å². The van der Waals surface area contributed by atoms with E-state index in [2.05, 4.69) is 15.4 Å². The third-order valence-electron chi connectivity index (χ3n) is 4.67. The van der Waals surface area contributed by atoms with E-state index in [1.54, 1.807) is 10.9 Å². The molecular formula is C18H22F3N5O. The second-order valence-corrected chi connectivity index (χ2v) is 6.85. The highest BCUT2D eigenvalue weighted by Crippen LogP contribution is 2.30. The normalized spacial score (nSPS) is 15.8. The highest BCUT2D eigenvalue weighted by molar-refractivity contribution is 5.75. The molecule has 6 nitrogen and oxygen atoms in total. The topological polar surface area (TPSA) is 63.1 Å². The number of carbonyl (C=O) groups is 1. The zero-order valence-corrected chi connectivity index (χ0v) is 15.0. The molecule has 0 bridgehead atoms. The third-order valence-corrected chi connectivity index (χ3v) is 4.67. The van der Waals surface area contributed by atoms with Gasteiger partial charge in [-0.05, 0) is 43.4 Å². The lowest BCUT2D eigenvalue weighted by atomic mass is 9.96. The molecule has 1 amide bonds. The van der Waals surface area contributed by atoms with E-state index in [1.165, 1.54) is 6.07 Å². The number of amides is 1. The number of hydrogen-bond acceptors (Lipinski definition) is 4. The summed E-state index contributed by atoms with van der Waals surface area (Å²) in [6, 6.07) is 2.47. The zero-order chi connectivity index (χ0) is 19.4. The zero-order valence-electron chi connectivity index (χ0n) is 15.0. The molecular weight excluding hydrogens is 359 g/mol. The Bertz CT molecular complexity index is 764. The lowest BCUT2D eigenvalue weighted by molar-refractivity contribution is -0.137. The van der Waals surface area contributed by atoms with Crippen molar-refractivity contribution in [2.45, 2.75) is 32.5 Å².